The number of hydrogen-bond donors (Lipinski definition) is 2. The molecule has 1 amide bonds. The number of rotatable bonds is 7. The first-order chi connectivity index (χ1) is 13.4. The van der Waals surface area contributed by atoms with Crippen LogP contribution in [0.1, 0.15) is 66.0 Å². The Morgan fingerprint density at radius 3 is 2.86 bits per heavy atom. The molecule has 0 spiro atoms. The van der Waals surface area contributed by atoms with Crippen LogP contribution in [0.4, 0.5) is 0 Å². The van der Waals surface area contributed by atoms with Gasteiger partial charge in [-0.25, -0.2) is 9.67 Å². The second kappa shape index (κ2) is 7.02. The molecule has 2 N–H and O–H groups in total. The zero-order valence-corrected chi connectivity index (χ0v) is 15.5. The predicted molar refractivity (Wildman–Crippen MR) is 96.7 cm³/mol. The first-order valence-corrected chi connectivity index (χ1v) is 9.11. The van der Waals surface area contributed by atoms with Gasteiger partial charge >= 0.3 is 5.97 Å². The van der Waals surface area contributed by atoms with E-state index in [4.69, 9.17) is 9.63 Å². The number of hydrogen-bond acceptors (Lipinski definition) is 7. The molecule has 1 aliphatic carbocycles. The Balaban J connectivity index is 1.59. The normalized spacial score (nSPS) is 14.0. The smallest absolute Gasteiger partial charge is 0.325 e. The lowest BCUT2D eigenvalue weighted by Gasteiger charge is -2.08. The molecule has 0 unspecified atom stereocenters. The van der Waals surface area contributed by atoms with Crippen molar-refractivity contribution in [1.82, 2.24) is 30.5 Å². The molecular weight excluding hydrogens is 364 g/mol. The standard InChI is InChI=1S/C18H20N6O4/c1-9(2)16-15-12(5-13(10-3-4-10)20-18(15)28-22-16)17(27)19-6-11-7-24(23-21-11)8-14(25)26/h5,7,9-10H,3-4,6,8H2,1-2H3,(H,19,27)(H,25,26). The van der Waals surface area contributed by atoms with Gasteiger partial charge in [0.05, 0.1) is 29.4 Å². The van der Waals surface area contributed by atoms with E-state index in [2.05, 4.69) is 25.8 Å². The molecular formula is C18H20N6O4. The number of carboxylic acid groups (broad SMARTS) is 1. The van der Waals surface area contributed by atoms with Crippen molar-refractivity contribution >= 4 is 23.0 Å². The molecule has 0 bridgehead atoms. The van der Waals surface area contributed by atoms with Gasteiger partial charge < -0.3 is 14.9 Å². The van der Waals surface area contributed by atoms with E-state index in [9.17, 15) is 9.59 Å². The predicted octanol–water partition coefficient (Wildman–Crippen LogP) is 1.83. The third kappa shape index (κ3) is 3.57. The highest BCUT2D eigenvalue weighted by Gasteiger charge is 2.29. The number of carboxylic acids is 1. The Kier molecular flexibility index (Phi) is 4.54. The second-order valence-electron chi connectivity index (χ2n) is 7.26. The molecule has 0 aromatic carbocycles. The Morgan fingerprint density at radius 1 is 1.39 bits per heavy atom. The summed E-state index contributed by atoms with van der Waals surface area (Å²) in [5, 5.41) is 24.0. The van der Waals surface area contributed by atoms with E-state index < -0.39 is 5.97 Å². The molecule has 146 valence electrons. The fourth-order valence-electron chi connectivity index (χ4n) is 3.06. The van der Waals surface area contributed by atoms with Crippen LogP contribution in [-0.4, -0.2) is 42.1 Å². The molecule has 3 heterocycles. The molecule has 0 atom stereocenters. The van der Waals surface area contributed by atoms with Gasteiger partial charge in [0.1, 0.15) is 12.2 Å². The number of pyridine rings is 1. The molecule has 1 fully saturated rings. The lowest BCUT2D eigenvalue weighted by atomic mass is 10.0. The maximum atomic E-state index is 12.9. The number of nitrogens with one attached hydrogen (secondary N) is 1. The first kappa shape index (κ1) is 18.1. The molecule has 0 saturated heterocycles. The Labute approximate surface area is 159 Å². The SMILES string of the molecule is CC(C)c1noc2nc(C3CC3)cc(C(=O)NCc3cn(CC(=O)O)nn3)c12. The summed E-state index contributed by atoms with van der Waals surface area (Å²) in [6, 6.07) is 1.82. The summed E-state index contributed by atoms with van der Waals surface area (Å²) in [6.45, 7) is 3.81. The van der Waals surface area contributed by atoms with E-state index in [1.165, 1.54) is 10.9 Å². The molecule has 10 heteroatoms. The van der Waals surface area contributed by atoms with Crippen molar-refractivity contribution in [2.75, 3.05) is 0 Å². The molecule has 10 nitrogen and oxygen atoms in total. The van der Waals surface area contributed by atoms with Crippen molar-refractivity contribution in [2.24, 2.45) is 0 Å². The van der Waals surface area contributed by atoms with Crippen LogP contribution in [-0.2, 0) is 17.9 Å². The van der Waals surface area contributed by atoms with Gasteiger partial charge in [0.15, 0.2) is 0 Å². The van der Waals surface area contributed by atoms with E-state index in [0.29, 0.717) is 34.0 Å². The lowest BCUT2D eigenvalue weighted by Crippen LogP contribution is -2.23. The maximum absolute atomic E-state index is 12.9. The summed E-state index contributed by atoms with van der Waals surface area (Å²) < 4.78 is 6.61. The number of amides is 1. The maximum Gasteiger partial charge on any atom is 0.325 e. The molecule has 0 radical (unpaired) electrons. The minimum absolute atomic E-state index is 0.0808. The third-order valence-corrected chi connectivity index (χ3v) is 4.59. The molecule has 1 saturated carbocycles. The summed E-state index contributed by atoms with van der Waals surface area (Å²) in [7, 11) is 0. The fraction of sp³-hybridized carbons (Fsp3) is 0.444. The highest BCUT2D eigenvalue weighted by atomic mass is 16.5. The number of fused-ring (bicyclic) bond motifs is 1. The van der Waals surface area contributed by atoms with Gasteiger partial charge in [-0.3, -0.25) is 9.59 Å². The van der Waals surface area contributed by atoms with E-state index >= 15 is 0 Å². The van der Waals surface area contributed by atoms with Crippen LogP contribution in [0.5, 0.6) is 0 Å². The van der Waals surface area contributed by atoms with Crippen molar-refractivity contribution in [3.63, 3.8) is 0 Å². The van der Waals surface area contributed by atoms with Crippen molar-refractivity contribution in [3.8, 4) is 0 Å². The number of aliphatic carboxylic acids is 1. The summed E-state index contributed by atoms with van der Waals surface area (Å²) >= 11 is 0. The topological polar surface area (TPSA) is 136 Å². The zero-order chi connectivity index (χ0) is 19.8. The monoisotopic (exact) mass is 384 g/mol. The lowest BCUT2D eigenvalue weighted by molar-refractivity contribution is -0.137. The number of carbonyl (C=O) groups excluding carboxylic acids is 1. The molecule has 28 heavy (non-hydrogen) atoms. The Bertz CT molecular complexity index is 1050. The van der Waals surface area contributed by atoms with E-state index in [0.717, 1.165) is 18.5 Å². The van der Waals surface area contributed by atoms with Gasteiger partial charge in [-0.05, 0) is 24.8 Å². The molecule has 0 aliphatic heterocycles. The van der Waals surface area contributed by atoms with Gasteiger partial charge in [0.25, 0.3) is 11.6 Å². The second-order valence-corrected chi connectivity index (χ2v) is 7.26. The summed E-state index contributed by atoms with van der Waals surface area (Å²) in [6.07, 6.45) is 3.60. The average Bonchev–Trinajstić information content (AvgIpc) is 3.25. The van der Waals surface area contributed by atoms with Gasteiger partial charge in [-0.2, -0.15) is 0 Å². The minimum atomic E-state index is -1.01. The van der Waals surface area contributed by atoms with Crippen LogP contribution in [0.25, 0.3) is 11.1 Å². The van der Waals surface area contributed by atoms with E-state index in [-0.39, 0.29) is 24.9 Å². The Morgan fingerprint density at radius 2 is 2.18 bits per heavy atom. The molecule has 3 aromatic rings. The highest BCUT2D eigenvalue weighted by Crippen LogP contribution is 2.41. The van der Waals surface area contributed by atoms with E-state index in [1.807, 2.05) is 19.9 Å². The number of carbonyl (C=O) groups is 2. The number of aromatic nitrogens is 5. The van der Waals surface area contributed by atoms with Gasteiger partial charge in [-0.15, -0.1) is 5.10 Å². The number of nitrogens with zero attached hydrogens (tertiary/aromatic N) is 5. The van der Waals surface area contributed by atoms with Crippen LogP contribution < -0.4 is 5.32 Å². The van der Waals surface area contributed by atoms with Crippen LogP contribution in [0.15, 0.2) is 16.8 Å². The largest absolute Gasteiger partial charge is 0.480 e. The average molecular weight is 384 g/mol. The summed E-state index contributed by atoms with van der Waals surface area (Å²) in [5.74, 6) is -0.857. The van der Waals surface area contributed by atoms with Crippen LogP contribution >= 0.6 is 0 Å². The summed E-state index contributed by atoms with van der Waals surface area (Å²) in [4.78, 5) is 28.2. The highest BCUT2D eigenvalue weighted by molar-refractivity contribution is 6.06. The van der Waals surface area contributed by atoms with Gasteiger partial charge in [-0.1, -0.05) is 24.2 Å². The zero-order valence-electron chi connectivity index (χ0n) is 15.5. The third-order valence-electron chi connectivity index (χ3n) is 4.59. The summed E-state index contributed by atoms with van der Waals surface area (Å²) in [5.41, 5.74) is 2.87. The molecule has 3 aromatic heterocycles. The van der Waals surface area contributed by atoms with Crippen molar-refractivity contribution < 1.29 is 19.2 Å². The van der Waals surface area contributed by atoms with Crippen molar-refractivity contribution in [1.29, 1.82) is 0 Å². The molecule has 4 rings (SSSR count). The van der Waals surface area contributed by atoms with Crippen LogP contribution in [0.2, 0.25) is 0 Å². The van der Waals surface area contributed by atoms with Gasteiger partial charge in [0, 0.05) is 11.6 Å². The fourth-order valence-corrected chi connectivity index (χ4v) is 3.06. The van der Waals surface area contributed by atoms with Crippen LogP contribution in [0.3, 0.4) is 0 Å². The van der Waals surface area contributed by atoms with Crippen LogP contribution in [0, 0.1) is 0 Å². The minimum Gasteiger partial charge on any atom is -0.480 e. The molecule has 1 aliphatic rings. The van der Waals surface area contributed by atoms with Gasteiger partial charge in [0.2, 0.25) is 0 Å². The first-order valence-electron chi connectivity index (χ1n) is 9.11. The van der Waals surface area contributed by atoms with E-state index in [1.54, 1.807) is 0 Å². The quantitative estimate of drug-likeness (QED) is 0.629. The Hall–Kier alpha value is -3.30. The van der Waals surface area contributed by atoms with Crippen molar-refractivity contribution in [2.45, 2.75) is 51.6 Å². The van der Waals surface area contributed by atoms with Crippen molar-refractivity contribution in [3.05, 3.63) is 34.9 Å².